The summed E-state index contributed by atoms with van der Waals surface area (Å²) in [4.78, 5) is 11.4. The molecule has 0 aromatic heterocycles. The van der Waals surface area contributed by atoms with Gasteiger partial charge in [-0.2, -0.15) is 0 Å². The molecule has 3 nitrogen and oxygen atoms in total. The van der Waals surface area contributed by atoms with Crippen molar-refractivity contribution < 1.29 is 14.3 Å². The van der Waals surface area contributed by atoms with Crippen molar-refractivity contribution in [2.24, 2.45) is 17.3 Å². The maximum absolute atomic E-state index is 11.4. The number of ether oxygens (including phenoxy) is 2. The molecule has 0 radical (unpaired) electrons. The van der Waals surface area contributed by atoms with E-state index in [0.29, 0.717) is 18.4 Å². The van der Waals surface area contributed by atoms with Crippen LogP contribution in [0.15, 0.2) is 12.2 Å². The molecule has 0 aliphatic heterocycles. The van der Waals surface area contributed by atoms with Crippen molar-refractivity contribution in [1.29, 1.82) is 0 Å². The van der Waals surface area contributed by atoms with Crippen molar-refractivity contribution in [3.05, 3.63) is 12.2 Å². The maximum atomic E-state index is 11.4. The molecular weight excluding hydrogens is 228 g/mol. The van der Waals surface area contributed by atoms with E-state index in [1.165, 1.54) is 12.8 Å². The average molecular weight is 252 g/mol. The zero-order chi connectivity index (χ0) is 13.4. The Kier molecular flexibility index (Phi) is 3.54. The van der Waals surface area contributed by atoms with Gasteiger partial charge in [0.25, 0.3) is 0 Å². The third-order valence-corrected chi connectivity index (χ3v) is 5.21. The van der Waals surface area contributed by atoms with E-state index in [1.54, 1.807) is 13.2 Å². The number of rotatable bonds is 4. The lowest BCUT2D eigenvalue weighted by Gasteiger charge is -2.63. The van der Waals surface area contributed by atoms with Gasteiger partial charge < -0.3 is 9.47 Å². The van der Waals surface area contributed by atoms with Gasteiger partial charge in [-0.25, -0.2) is 4.79 Å². The summed E-state index contributed by atoms with van der Waals surface area (Å²) in [6.45, 7) is 6.71. The van der Waals surface area contributed by atoms with E-state index in [2.05, 4.69) is 19.9 Å². The minimum atomic E-state index is -0.234. The fourth-order valence-corrected chi connectivity index (χ4v) is 3.82. The Labute approximate surface area is 110 Å². The Bertz CT molecular complexity index is 361. The molecule has 102 valence electrons. The number of methoxy groups -OCH3 is 1. The molecule has 3 heteroatoms. The minimum Gasteiger partial charge on any atom is -0.463 e. The van der Waals surface area contributed by atoms with Gasteiger partial charge in [0.1, 0.15) is 0 Å². The second-order valence-corrected chi connectivity index (χ2v) is 5.99. The molecule has 0 unspecified atom stereocenters. The van der Waals surface area contributed by atoms with Crippen molar-refractivity contribution in [2.75, 3.05) is 13.7 Å². The van der Waals surface area contributed by atoms with Crippen molar-refractivity contribution in [1.82, 2.24) is 0 Å². The van der Waals surface area contributed by atoms with Crippen molar-refractivity contribution in [3.63, 3.8) is 0 Å². The van der Waals surface area contributed by atoms with Gasteiger partial charge in [-0.05, 0) is 50.4 Å². The first-order valence-corrected chi connectivity index (χ1v) is 6.87. The number of hydrogen-bond donors (Lipinski definition) is 0. The molecule has 3 saturated carbocycles. The van der Waals surface area contributed by atoms with Crippen LogP contribution >= 0.6 is 0 Å². The largest absolute Gasteiger partial charge is 0.463 e. The predicted octanol–water partition coefficient (Wildman–Crippen LogP) is 2.95. The molecule has 0 N–H and O–H groups in total. The van der Waals surface area contributed by atoms with E-state index in [9.17, 15) is 4.79 Å². The molecule has 3 aliphatic rings. The summed E-state index contributed by atoms with van der Waals surface area (Å²) >= 11 is 0. The lowest BCUT2D eigenvalue weighted by atomic mass is 9.43. The van der Waals surface area contributed by atoms with Crippen LogP contribution in [0.1, 0.15) is 40.0 Å². The van der Waals surface area contributed by atoms with Gasteiger partial charge in [0, 0.05) is 13.2 Å². The fraction of sp³-hybridized carbons (Fsp3) is 0.800. The monoisotopic (exact) mass is 252 g/mol. The number of esters is 1. The summed E-state index contributed by atoms with van der Waals surface area (Å²) in [7, 11) is 1.80. The smallest absolute Gasteiger partial charge is 0.330 e. The number of fused-ring (bicyclic) bond motifs is 2. The number of carbonyl (C=O) groups excluding carboxylic acids is 1. The van der Waals surface area contributed by atoms with E-state index < -0.39 is 0 Å². The highest BCUT2D eigenvalue weighted by Gasteiger charge is 2.60. The molecule has 3 fully saturated rings. The fourth-order valence-electron chi connectivity index (χ4n) is 3.82. The molecule has 18 heavy (non-hydrogen) atoms. The summed E-state index contributed by atoms with van der Waals surface area (Å²) in [5.74, 6) is 0.971. The molecule has 0 aromatic carbocycles. The van der Waals surface area contributed by atoms with Gasteiger partial charge in [0.15, 0.2) is 0 Å². The van der Waals surface area contributed by atoms with Crippen LogP contribution in [0.25, 0.3) is 0 Å². The SMILES string of the molecule is CCOC(=O)/C=C/[C@]1(C)[C@H]2CC[C@@](C)(OC)[C@H]1C2. The summed E-state index contributed by atoms with van der Waals surface area (Å²) in [5, 5.41) is 0. The molecule has 0 saturated heterocycles. The summed E-state index contributed by atoms with van der Waals surface area (Å²) in [5.41, 5.74) is 0.0538. The molecule has 0 spiro atoms. The first-order valence-electron chi connectivity index (χ1n) is 6.87. The number of hydrogen-bond acceptors (Lipinski definition) is 3. The highest BCUT2D eigenvalue weighted by atomic mass is 16.5. The Morgan fingerprint density at radius 3 is 2.72 bits per heavy atom. The predicted molar refractivity (Wildman–Crippen MR) is 70.1 cm³/mol. The summed E-state index contributed by atoms with van der Waals surface area (Å²) in [6, 6.07) is 0. The van der Waals surface area contributed by atoms with Crippen molar-refractivity contribution in [2.45, 2.75) is 45.6 Å². The Hall–Kier alpha value is -0.830. The normalized spacial score (nSPS) is 42.7. The second-order valence-electron chi connectivity index (χ2n) is 5.99. The van der Waals surface area contributed by atoms with Gasteiger partial charge in [-0.1, -0.05) is 13.0 Å². The first kappa shape index (κ1) is 13.6. The number of carbonyl (C=O) groups is 1. The van der Waals surface area contributed by atoms with Crippen LogP contribution in [0.4, 0.5) is 0 Å². The van der Waals surface area contributed by atoms with E-state index in [4.69, 9.17) is 9.47 Å². The van der Waals surface area contributed by atoms with E-state index in [1.807, 2.05) is 6.92 Å². The van der Waals surface area contributed by atoms with E-state index >= 15 is 0 Å². The summed E-state index contributed by atoms with van der Waals surface area (Å²) in [6.07, 6.45) is 7.19. The zero-order valence-electron chi connectivity index (χ0n) is 11.9. The van der Waals surface area contributed by atoms with Crippen molar-refractivity contribution in [3.8, 4) is 0 Å². The topological polar surface area (TPSA) is 35.5 Å². The lowest BCUT2D eigenvalue weighted by Crippen LogP contribution is -2.61. The van der Waals surface area contributed by atoms with Crippen LogP contribution in [0, 0.1) is 17.3 Å². The van der Waals surface area contributed by atoms with Gasteiger partial charge in [0.2, 0.25) is 0 Å². The maximum Gasteiger partial charge on any atom is 0.330 e. The molecule has 3 aliphatic carbocycles. The zero-order valence-corrected chi connectivity index (χ0v) is 11.9. The van der Waals surface area contributed by atoms with Crippen LogP contribution in [0.3, 0.4) is 0 Å². The molecule has 3 rings (SSSR count). The third kappa shape index (κ3) is 1.99. The molecule has 0 heterocycles. The van der Waals surface area contributed by atoms with Crippen molar-refractivity contribution >= 4 is 5.97 Å². The Balaban J connectivity index is 2.10. The van der Waals surface area contributed by atoms with Crippen LogP contribution in [0.5, 0.6) is 0 Å². The second kappa shape index (κ2) is 4.69. The molecule has 4 atom stereocenters. The minimum absolute atomic E-state index is 0.0392. The highest BCUT2D eigenvalue weighted by Crippen LogP contribution is 2.64. The Morgan fingerprint density at radius 1 is 1.44 bits per heavy atom. The van der Waals surface area contributed by atoms with Crippen LogP contribution < -0.4 is 0 Å². The quantitative estimate of drug-likeness (QED) is 0.570. The van der Waals surface area contributed by atoms with Crippen LogP contribution in [-0.4, -0.2) is 25.3 Å². The summed E-state index contributed by atoms with van der Waals surface area (Å²) < 4.78 is 10.7. The average Bonchev–Trinajstić information content (AvgIpc) is 2.36. The molecule has 0 aromatic rings. The van der Waals surface area contributed by atoms with Gasteiger partial charge >= 0.3 is 5.97 Å². The van der Waals surface area contributed by atoms with Gasteiger partial charge in [0.05, 0.1) is 12.2 Å². The third-order valence-electron chi connectivity index (χ3n) is 5.21. The molecule has 0 amide bonds. The first-order chi connectivity index (χ1) is 8.46. The van der Waals surface area contributed by atoms with Crippen LogP contribution in [0.2, 0.25) is 0 Å². The van der Waals surface area contributed by atoms with Crippen LogP contribution in [-0.2, 0) is 14.3 Å². The van der Waals surface area contributed by atoms with Gasteiger partial charge in [-0.3, -0.25) is 0 Å². The Morgan fingerprint density at radius 2 is 2.17 bits per heavy atom. The molecule has 2 bridgehead atoms. The lowest BCUT2D eigenvalue weighted by molar-refractivity contribution is -0.194. The molecular formula is C15H24O3. The standard InChI is InChI=1S/C15H24O3/c1-5-18-13(16)7-8-14(2)11-6-9-15(3,17-4)12(14)10-11/h7-8,11-12H,5-6,9-10H2,1-4H3/b8-7+/t11-,12-,14+,15+/m0/s1. The number of allylic oxidation sites excluding steroid dienone is 1. The van der Waals surface area contributed by atoms with E-state index in [0.717, 1.165) is 6.42 Å². The van der Waals surface area contributed by atoms with Gasteiger partial charge in [-0.15, -0.1) is 0 Å². The highest BCUT2D eigenvalue weighted by molar-refractivity contribution is 5.82. The van der Waals surface area contributed by atoms with E-state index in [-0.39, 0.29) is 17.0 Å².